The smallest absolute Gasteiger partial charge is 0.162 e. The van der Waals surface area contributed by atoms with E-state index in [0.717, 1.165) is 0 Å². The third kappa shape index (κ3) is 3.10. The predicted octanol–water partition coefficient (Wildman–Crippen LogP) is 2.43. The summed E-state index contributed by atoms with van der Waals surface area (Å²) in [5, 5.41) is 0. The van der Waals surface area contributed by atoms with Crippen LogP contribution in [-0.4, -0.2) is 12.4 Å². The highest BCUT2D eigenvalue weighted by atomic mass is 19.1. The van der Waals surface area contributed by atoms with Crippen LogP contribution in [0.5, 0.6) is 5.75 Å². The summed E-state index contributed by atoms with van der Waals surface area (Å²) in [5.41, 5.74) is 0.0731. The number of hydrogen-bond donors (Lipinski definition) is 0. The number of Topliss-reactive ketones (excluding diaryl/α,β-unsaturated/α-hetero) is 1. The molecule has 2 nitrogen and oxygen atoms in total. The Labute approximate surface area is 88.1 Å². The molecule has 0 fully saturated rings. The van der Waals surface area contributed by atoms with Gasteiger partial charge in [0.15, 0.2) is 5.78 Å². The topological polar surface area (TPSA) is 26.3 Å². The first-order valence-electron chi connectivity index (χ1n) is 4.48. The van der Waals surface area contributed by atoms with E-state index >= 15 is 0 Å². The molecule has 0 aliphatic heterocycles. The normalized spacial score (nSPS) is 9.00. The van der Waals surface area contributed by atoms with Crippen LogP contribution in [0.3, 0.4) is 0 Å². The minimum atomic E-state index is -0.565. The number of carbonyl (C=O) groups is 1. The van der Waals surface area contributed by atoms with Crippen molar-refractivity contribution in [3.63, 3.8) is 0 Å². The Morgan fingerprint density at radius 2 is 2.27 bits per heavy atom. The minimum Gasteiger partial charge on any atom is -0.481 e. The van der Waals surface area contributed by atoms with E-state index in [2.05, 4.69) is 11.8 Å². The molecular formula is C12H11FO2. The van der Waals surface area contributed by atoms with Crippen molar-refractivity contribution in [2.24, 2.45) is 0 Å². The van der Waals surface area contributed by atoms with Gasteiger partial charge in [0, 0.05) is 6.07 Å². The fourth-order valence-electron chi connectivity index (χ4n) is 1.06. The van der Waals surface area contributed by atoms with Crippen molar-refractivity contribution in [1.29, 1.82) is 0 Å². The van der Waals surface area contributed by atoms with Gasteiger partial charge in [-0.3, -0.25) is 4.79 Å². The van der Waals surface area contributed by atoms with Crippen LogP contribution in [0, 0.1) is 17.7 Å². The summed E-state index contributed by atoms with van der Waals surface area (Å²) >= 11 is 0. The Morgan fingerprint density at radius 3 is 2.80 bits per heavy atom. The van der Waals surface area contributed by atoms with Crippen LogP contribution in [0.15, 0.2) is 18.2 Å². The van der Waals surface area contributed by atoms with Crippen molar-refractivity contribution in [3.8, 4) is 17.6 Å². The molecule has 1 aromatic rings. The second-order valence-electron chi connectivity index (χ2n) is 2.91. The summed E-state index contributed by atoms with van der Waals surface area (Å²) in [7, 11) is 0. The predicted molar refractivity (Wildman–Crippen MR) is 55.3 cm³/mol. The van der Waals surface area contributed by atoms with Crippen molar-refractivity contribution in [2.75, 3.05) is 6.61 Å². The van der Waals surface area contributed by atoms with Crippen molar-refractivity contribution in [1.82, 2.24) is 0 Å². The molecule has 0 amide bonds. The summed E-state index contributed by atoms with van der Waals surface area (Å²) < 4.78 is 18.4. The maximum absolute atomic E-state index is 13.3. The van der Waals surface area contributed by atoms with Crippen molar-refractivity contribution < 1.29 is 13.9 Å². The molecule has 0 radical (unpaired) electrons. The van der Waals surface area contributed by atoms with Crippen LogP contribution in [0.25, 0.3) is 0 Å². The number of ether oxygens (including phenoxy) is 1. The van der Waals surface area contributed by atoms with Crippen molar-refractivity contribution >= 4 is 5.78 Å². The molecule has 0 saturated heterocycles. The molecule has 1 rings (SSSR count). The first kappa shape index (κ1) is 11.3. The molecule has 0 saturated carbocycles. The number of benzene rings is 1. The largest absolute Gasteiger partial charge is 0.481 e. The fraction of sp³-hybridized carbons (Fsp3) is 0.250. The lowest BCUT2D eigenvalue weighted by atomic mass is 10.1. The van der Waals surface area contributed by atoms with Gasteiger partial charge in [-0.05, 0) is 26.0 Å². The Balaban J connectivity index is 2.80. The van der Waals surface area contributed by atoms with Gasteiger partial charge in [0.1, 0.15) is 18.2 Å². The Bertz CT molecular complexity index is 427. The summed E-state index contributed by atoms with van der Waals surface area (Å²) in [4.78, 5) is 10.9. The minimum absolute atomic E-state index is 0.0731. The maximum atomic E-state index is 13.3. The standard InChI is InChI=1S/C12H11FO2/c1-3-4-7-15-10-5-6-11(9(2)14)12(13)8-10/h5-6,8H,7H2,1-2H3. The van der Waals surface area contributed by atoms with Crippen molar-refractivity contribution in [2.45, 2.75) is 13.8 Å². The monoisotopic (exact) mass is 206 g/mol. The van der Waals surface area contributed by atoms with Gasteiger partial charge in [-0.2, -0.15) is 0 Å². The zero-order valence-corrected chi connectivity index (χ0v) is 8.63. The lowest BCUT2D eigenvalue weighted by molar-refractivity contribution is 0.101. The third-order valence-corrected chi connectivity index (χ3v) is 1.81. The molecule has 0 aliphatic carbocycles. The fourth-order valence-corrected chi connectivity index (χ4v) is 1.06. The van der Waals surface area contributed by atoms with Crippen LogP contribution in [-0.2, 0) is 0 Å². The molecule has 3 heteroatoms. The number of carbonyl (C=O) groups excluding carboxylic acids is 1. The second kappa shape index (κ2) is 5.16. The van der Waals surface area contributed by atoms with Crippen LogP contribution < -0.4 is 4.74 Å². The molecule has 0 N–H and O–H groups in total. The maximum Gasteiger partial charge on any atom is 0.162 e. The lowest BCUT2D eigenvalue weighted by Gasteiger charge is -2.03. The molecular weight excluding hydrogens is 195 g/mol. The number of rotatable bonds is 3. The van der Waals surface area contributed by atoms with Gasteiger partial charge in [0.25, 0.3) is 0 Å². The van der Waals surface area contributed by atoms with E-state index in [0.29, 0.717) is 5.75 Å². The first-order valence-corrected chi connectivity index (χ1v) is 4.48. The van der Waals surface area contributed by atoms with E-state index < -0.39 is 5.82 Å². The zero-order chi connectivity index (χ0) is 11.3. The number of ketones is 1. The van der Waals surface area contributed by atoms with E-state index in [1.165, 1.54) is 19.1 Å². The van der Waals surface area contributed by atoms with Gasteiger partial charge in [-0.1, -0.05) is 5.92 Å². The molecule has 0 aliphatic rings. The molecule has 1 aromatic carbocycles. The molecule has 0 heterocycles. The number of halogens is 1. The van der Waals surface area contributed by atoms with E-state index in [4.69, 9.17) is 4.74 Å². The first-order chi connectivity index (χ1) is 7.15. The lowest BCUT2D eigenvalue weighted by Crippen LogP contribution is -1.99. The highest BCUT2D eigenvalue weighted by Crippen LogP contribution is 2.16. The van der Waals surface area contributed by atoms with Crippen molar-refractivity contribution in [3.05, 3.63) is 29.6 Å². The van der Waals surface area contributed by atoms with Crippen LogP contribution >= 0.6 is 0 Å². The van der Waals surface area contributed by atoms with Gasteiger partial charge in [0.05, 0.1) is 5.56 Å². The SMILES string of the molecule is CC#CCOc1ccc(C(C)=O)c(F)c1. The second-order valence-corrected chi connectivity index (χ2v) is 2.91. The molecule has 0 spiro atoms. The Hall–Kier alpha value is -1.82. The average molecular weight is 206 g/mol. The third-order valence-electron chi connectivity index (χ3n) is 1.81. The van der Waals surface area contributed by atoms with Gasteiger partial charge in [-0.15, -0.1) is 5.92 Å². The van der Waals surface area contributed by atoms with Gasteiger partial charge < -0.3 is 4.74 Å². The molecule has 78 valence electrons. The molecule has 0 bridgehead atoms. The van der Waals surface area contributed by atoms with Gasteiger partial charge in [0.2, 0.25) is 0 Å². The van der Waals surface area contributed by atoms with E-state index in [1.54, 1.807) is 13.0 Å². The quantitative estimate of drug-likeness (QED) is 0.560. The number of hydrogen-bond acceptors (Lipinski definition) is 2. The molecule has 0 atom stereocenters. The molecule has 0 unspecified atom stereocenters. The average Bonchev–Trinajstić information content (AvgIpc) is 2.17. The summed E-state index contributed by atoms with van der Waals surface area (Å²) in [6.45, 7) is 3.24. The zero-order valence-electron chi connectivity index (χ0n) is 8.63. The van der Waals surface area contributed by atoms with Crippen LogP contribution in [0.2, 0.25) is 0 Å². The van der Waals surface area contributed by atoms with Crippen LogP contribution in [0.1, 0.15) is 24.2 Å². The summed E-state index contributed by atoms with van der Waals surface area (Å²) in [5.74, 6) is 4.86. The highest BCUT2D eigenvalue weighted by Gasteiger charge is 2.07. The summed E-state index contributed by atoms with van der Waals surface area (Å²) in [6, 6.07) is 4.15. The molecule has 15 heavy (non-hydrogen) atoms. The summed E-state index contributed by atoms with van der Waals surface area (Å²) in [6.07, 6.45) is 0. The molecule has 0 aromatic heterocycles. The van der Waals surface area contributed by atoms with E-state index in [-0.39, 0.29) is 18.0 Å². The van der Waals surface area contributed by atoms with Gasteiger partial charge >= 0.3 is 0 Å². The van der Waals surface area contributed by atoms with E-state index in [1.807, 2.05) is 0 Å². The Kier molecular flexibility index (Phi) is 3.87. The van der Waals surface area contributed by atoms with Crippen LogP contribution in [0.4, 0.5) is 4.39 Å². The van der Waals surface area contributed by atoms with E-state index in [9.17, 15) is 9.18 Å². The van der Waals surface area contributed by atoms with Gasteiger partial charge in [-0.25, -0.2) is 4.39 Å². The highest BCUT2D eigenvalue weighted by molar-refractivity contribution is 5.94. The Morgan fingerprint density at radius 1 is 1.53 bits per heavy atom.